The number of hydrogen-bond donors (Lipinski definition) is 1. The molecule has 8 heteroatoms. The average molecular weight is 193 g/mol. The lowest BCUT2D eigenvalue weighted by Crippen LogP contribution is -2.06. The summed E-state index contributed by atoms with van der Waals surface area (Å²) >= 11 is 0. The lowest BCUT2D eigenvalue weighted by atomic mass is 10.2. The molecule has 0 aliphatic carbocycles. The van der Waals surface area contributed by atoms with E-state index in [-0.39, 0.29) is 17.9 Å². The Kier molecular flexibility index (Phi) is 2.01. The summed E-state index contributed by atoms with van der Waals surface area (Å²) in [5.41, 5.74) is 0.275. The van der Waals surface area contributed by atoms with Gasteiger partial charge in [0.2, 0.25) is 0 Å². The van der Waals surface area contributed by atoms with Crippen molar-refractivity contribution in [3.63, 3.8) is 0 Å². The second-order valence-electron chi connectivity index (χ2n) is 2.65. The number of carbonyl (C=O) groups excluding carboxylic acids is 1. The zero-order valence-electron chi connectivity index (χ0n) is 7.38. The van der Waals surface area contributed by atoms with E-state index in [2.05, 4.69) is 30.8 Å². The molecule has 0 saturated carbocycles. The van der Waals surface area contributed by atoms with E-state index in [1.54, 1.807) is 7.05 Å². The highest BCUT2D eigenvalue weighted by Crippen LogP contribution is 1.97. The molecule has 0 aliphatic rings. The maximum Gasteiger partial charge on any atom is 0.192 e. The van der Waals surface area contributed by atoms with Crippen molar-refractivity contribution in [1.82, 2.24) is 35.6 Å². The van der Waals surface area contributed by atoms with Crippen molar-refractivity contribution in [3.05, 3.63) is 17.7 Å². The van der Waals surface area contributed by atoms with Gasteiger partial charge < -0.3 is 0 Å². The summed E-state index contributed by atoms with van der Waals surface area (Å²) in [4.78, 5) is 12.7. The number of tetrazole rings is 1. The van der Waals surface area contributed by atoms with E-state index in [9.17, 15) is 4.79 Å². The third kappa shape index (κ3) is 1.63. The summed E-state index contributed by atoms with van der Waals surface area (Å²) in [6.45, 7) is 0. The van der Waals surface area contributed by atoms with Crippen molar-refractivity contribution in [1.29, 1.82) is 0 Å². The van der Waals surface area contributed by atoms with E-state index < -0.39 is 0 Å². The van der Waals surface area contributed by atoms with Gasteiger partial charge in [0.05, 0.1) is 19.7 Å². The minimum absolute atomic E-state index is 0.0837. The summed E-state index contributed by atoms with van der Waals surface area (Å²) in [7, 11) is 1.64. The van der Waals surface area contributed by atoms with Crippen LogP contribution in [0.1, 0.15) is 16.3 Å². The second kappa shape index (κ2) is 3.32. The van der Waals surface area contributed by atoms with Crippen LogP contribution in [0.3, 0.4) is 0 Å². The quantitative estimate of drug-likeness (QED) is 0.611. The van der Waals surface area contributed by atoms with Gasteiger partial charge in [-0.05, 0) is 5.21 Å². The van der Waals surface area contributed by atoms with Gasteiger partial charge in [0.15, 0.2) is 11.6 Å². The van der Waals surface area contributed by atoms with Crippen LogP contribution in [-0.2, 0) is 13.5 Å². The van der Waals surface area contributed by atoms with Crippen molar-refractivity contribution in [2.75, 3.05) is 0 Å². The Balaban J connectivity index is 2.09. The second-order valence-corrected chi connectivity index (χ2v) is 2.65. The third-order valence-corrected chi connectivity index (χ3v) is 1.57. The van der Waals surface area contributed by atoms with Crippen LogP contribution in [-0.4, -0.2) is 41.4 Å². The number of aryl methyl sites for hydroxylation is 1. The molecule has 0 saturated heterocycles. The first-order valence-electron chi connectivity index (χ1n) is 3.87. The van der Waals surface area contributed by atoms with E-state index in [1.165, 1.54) is 11.0 Å². The Labute approximate surface area is 78.3 Å². The molecule has 14 heavy (non-hydrogen) atoms. The Morgan fingerprint density at radius 1 is 1.64 bits per heavy atom. The van der Waals surface area contributed by atoms with E-state index in [0.29, 0.717) is 5.82 Å². The van der Waals surface area contributed by atoms with Crippen molar-refractivity contribution in [2.45, 2.75) is 6.42 Å². The number of rotatable bonds is 3. The molecule has 0 aromatic carbocycles. The molecule has 0 fully saturated rings. The highest BCUT2D eigenvalue weighted by molar-refractivity contribution is 5.94. The van der Waals surface area contributed by atoms with Crippen LogP contribution >= 0.6 is 0 Å². The molecule has 0 unspecified atom stereocenters. The van der Waals surface area contributed by atoms with E-state index >= 15 is 0 Å². The smallest absolute Gasteiger partial charge is 0.192 e. The van der Waals surface area contributed by atoms with Gasteiger partial charge in [-0.25, -0.2) is 0 Å². The molecule has 0 atom stereocenters. The SMILES string of the molecule is Cn1nnc(CC(=O)c2cn[nH]n2)n1. The fraction of sp³-hybridized carbons (Fsp3) is 0.333. The lowest BCUT2D eigenvalue weighted by molar-refractivity contribution is 0.0986. The Morgan fingerprint density at radius 3 is 3.07 bits per heavy atom. The number of H-pyrrole nitrogens is 1. The van der Waals surface area contributed by atoms with Gasteiger partial charge in [0.25, 0.3) is 0 Å². The number of nitrogens with one attached hydrogen (secondary N) is 1. The largest absolute Gasteiger partial charge is 0.292 e. The first-order valence-corrected chi connectivity index (χ1v) is 3.87. The molecule has 2 rings (SSSR count). The van der Waals surface area contributed by atoms with Crippen LogP contribution in [0.25, 0.3) is 0 Å². The standard InChI is InChI=1S/C6H7N7O/c1-13-10-6(9-12-13)2-5(14)4-3-7-11-8-4/h3H,2H2,1H3,(H,7,8,11). The number of aromatic amines is 1. The fourth-order valence-electron chi connectivity index (χ4n) is 0.964. The average Bonchev–Trinajstić information content (AvgIpc) is 2.75. The minimum atomic E-state index is -0.188. The van der Waals surface area contributed by atoms with Crippen molar-refractivity contribution in [2.24, 2.45) is 7.05 Å². The molecule has 0 amide bonds. The molecule has 2 aromatic heterocycles. The number of carbonyl (C=O) groups is 1. The number of ketones is 1. The molecule has 0 bridgehead atoms. The Bertz CT molecular complexity index is 431. The van der Waals surface area contributed by atoms with Gasteiger partial charge in [0.1, 0.15) is 5.69 Å². The molecule has 8 nitrogen and oxygen atoms in total. The highest BCUT2D eigenvalue weighted by Gasteiger charge is 2.12. The summed E-state index contributed by atoms with van der Waals surface area (Å²) in [5, 5.41) is 20.7. The number of nitrogens with zero attached hydrogens (tertiary/aromatic N) is 6. The lowest BCUT2D eigenvalue weighted by Gasteiger charge is -1.89. The predicted molar refractivity (Wildman–Crippen MR) is 43.2 cm³/mol. The molecule has 0 radical (unpaired) electrons. The normalized spacial score (nSPS) is 10.4. The molecule has 0 spiro atoms. The van der Waals surface area contributed by atoms with Gasteiger partial charge >= 0.3 is 0 Å². The van der Waals surface area contributed by atoms with Crippen LogP contribution in [0, 0.1) is 0 Å². The molecule has 0 aliphatic heterocycles. The molecular weight excluding hydrogens is 186 g/mol. The highest BCUT2D eigenvalue weighted by atomic mass is 16.1. The van der Waals surface area contributed by atoms with Crippen molar-refractivity contribution in [3.8, 4) is 0 Å². The van der Waals surface area contributed by atoms with Crippen LogP contribution in [0.5, 0.6) is 0 Å². The van der Waals surface area contributed by atoms with Gasteiger partial charge in [-0.1, -0.05) is 0 Å². The van der Waals surface area contributed by atoms with Crippen LogP contribution < -0.4 is 0 Å². The third-order valence-electron chi connectivity index (χ3n) is 1.57. The van der Waals surface area contributed by atoms with Crippen LogP contribution in [0.2, 0.25) is 0 Å². The molecule has 72 valence electrons. The van der Waals surface area contributed by atoms with Gasteiger partial charge in [-0.15, -0.1) is 10.2 Å². The Morgan fingerprint density at radius 2 is 2.50 bits per heavy atom. The van der Waals surface area contributed by atoms with E-state index in [0.717, 1.165) is 0 Å². The maximum absolute atomic E-state index is 11.4. The van der Waals surface area contributed by atoms with Crippen molar-refractivity contribution >= 4 is 5.78 Å². The summed E-state index contributed by atoms with van der Waals surface area (Å²) < 4.78 is 0. The molecule has 2 aromatic rings. The Hall–Kier alpha value is -2.12. The number of aromatic nitrogens is 7. The van der Waals surface area contributed by atoms with Gasteiger partial charge in [0, 0.05) is 0 Å². The molecule has 2 heterocycles. The van der Waals surface area contributed by atoms with Crippen LogP contribution in [0.15, 0.2) is 6.20 Å². The summed E-state index contributed by atoms with van der Waals surface area (Å²) in [6.07, 6.45) is 1.44. The van der Waals surface area contributed by atoms with Crippen LogP contribution in [0.4, 0.5) is 0 Å². The van der Waals surface area contributed by atoms with Gasteiger partial charge in [-0.3, -0.25) is 4.79 Å². The topological polar surface area (TPSA) is 102 Å². The first kappa shape index (κ1) is 8.48. The summed E-state index contributed by atoms with van der Waals surface area (Å²) in [5.74, 6) is 0.187. The number of hydrogen-bond acceptors (Lipinski definition) is 6. The first-order chi connectivity index (χ1) is 6.75. The molecule has 1 N–H and O–H groups in total. The monoisotopic (exact) mass is 193 g/mol. The van der Waals surface area contributed by atoms with Crippen molar-refractivity contribution < 1.29 is 4.79 Å². The van der Waals surface area contributed by atoms with Gasteiger partial charge in [-0.2, -0.15) is 20.2 Å². The zero-order chi connectivity index (χ0) is 9.97. The summed E-state index contributed by atoms with van der Waals surface area (Å²) in [6, 6.07) is 0. The predicted octanol–water partition coefficient (Wildman–Crippen LogP) is -1.25. The molecular formula is C6H7N7O. The zero-order valence-corrected chi connectivity index (χ0v) is 7.38. The van der Waals surface area contributed by atoms with E-state index in [1.807, 2.05) is 0 Å². The minimum Gasteiger partial charge on any atom is -0.292 e. The fourth-order valence-corrected chi connectivity index (χ4v) is 0.964. The number of Topliss-reactive ketones (excluding diaryl/α,β-unsaturated/α-hetero) is 1. The maximum atomic E-state index is 11.4. The van der Waals surface area contributed by atoms with E-state index in [4.69, 9.17) is 0 Å².